The first-order valence-corrected chi connectivity index (χ1v) is 11.7. The van der Waals surface area contributed by atoms with Crippen LogP contribution in [0.25, 0.3) is 0 Å². The Balaban J connectivity index is 1.36. The van der Waals surface area contributed by atoms with E-state index in [-0.39, 0.29) is 55.0 Å². The fraction of sp³-hybridized carbons (Fsp3) is 0.381. The van der Waals surface area contributed by atoms with Crippen LogP contribution in [0, 0.1) is 17.0 Å². The molecule has 4 rings (SSSR count). The van der Waals surface area contributed by atoms with Crippen LogP contribution < -0.4 is 14.2 Å². The van der Waals surface area contributed by atoms with Crippen molar-refractivity contribution in [1.29, 1.82) is 0 Å². The minimum Gasteiger partial charge on any atom is -0.486 e. The van der Waals surface area contributed by atoms with Crippen LogP contribution in [-0.2, 0) is 14.8 Å². The van der Waals surface area contributed by atoms with Gasteiger partial charge in [-0.15, -0.1) is 0 Å². The predicted molar refractivity (Wildman–Crippen MR) is 116 cm³/mol. The number of nitro benzene ring substituents is 1. The van der Waals surface area contributed by atoms with E-state index in [1.165, 1.54) is 33.5 Å². The molecule has 0 saturated carbocycles. The zero-order valence-corrected chi connectivity index (χ0v) is 18.7. The molecule has 2 aliphatic heterocycles. The van der Waals surface area contributed by atoms with Gasteiger partial charge in [-0.1, -0.05) is 6.07 Å². The second kappa shape index (κ2) is 9.24. The van der Waals surface area contributed by atoms with Crippen molar-refractivity contribution in [2.75, 3.05) is 46.0 Å². The van der Waals surface area contributed by atoms with E-state index in [4.69, 9.17) is 14.2 Å². The van der Waals surface area contributed by atoms with Crippen molar-refractivity contribution < 1.29 is 32.3 Å². The van der Waals surface area contributed by atoms with Crippen LogP contribution in [0.2, 0.25) is 0 Å². The Bertz CT molecular complexity index is 1180. The summed E-state index contributed by atoms with van der Waals surface area (Å²) >= 11 is 0. The highest BCUT2D eigenvalue weighted by atomic mass is 32.2. The highest BCUT2D eigenvalue weighted by Gasteiger charge is 2.31. The van der Waals surface area contributed by atoms with Gasteiger partial charge in [-0.05, 0) is 30.7 Å². The maximum Gasteiger partial charge on any atom is 0.310 e. The van der Waals surface area contributed by atoms with E-state index in [0.29, 0.717) is 24.7 Å². The van der Waals surface area contributed by atoms with Crippen LogP contribution >= 0.6 is 0 Å². The van der Waals surface area contributed by atoms with Gasteiger partial charge in [0.1, 0.15) is 13.2 Å². The van der Waals surface area contributed by atoms with Crippen molar-refractivity contribution in [3.8, 4) is 17.2 Å². The number of piperazine rings is 1. The zero-order chi connectivity index (χ0) is 23.6. The molecule has 2 aliphatic rings. The maximum atomic E-state index is 13.0. The van der Waals surface area contributed by atoms with E-state index < -0.39 is 14.9 Å². The van der Waals surface area contributed by atoms with Crippen LogP contribution in [-0.4, -0.2) is 74.5 Å². The van der Waals surface area contributed by atoms with Crippen molar-refractivity contribution in [2.45, 2.75) is 11.8 Å². The fourth-order valence-corrected chi connectivity index (χ4v) is 5.07. The standard InChI is InChI=1S/C21H23N3O8S/c1-15-2-4-17(24(26)27)19(12-15)32-14-21(25)22-6-8-23(9-7-22)33(28,29)16-3-5-18-20(13-16)31-11-10-30-18/h2-5,12-13H,6-11,14H2,1H3. The molecule has 0 aliphatic carbocycles. The molecule has 2 aromatic rings. The number of ether oxygens (including phenoxy) is 3. The van der Waals surface area contributed by atoms with E-state index in [0.717, 1.165) is 5.56 Å². The highest BCUT2D eigenvalue weighted by Crippen LogP contribution is 2.33. The molecule has 0 spiro atoms. The van der Waals surface area contributed by atoms with Gasteiger partial charge in [0.15, 0.2) is 23.9 Å². The number of hydrogen-bond donors (Lipinski definition) is 0. The molecule has 0 radical (unpaired) electrons. The van der Waals surface area contributed by atoms with Gasteiger partial charge in [-0.3, -0.25) is 14.9 Å². The van der Waals surface area contributed by atoms with Crippen LogP contribution in [0.15, 0.2) is 41.3 Å². The Kier molecular flexibility index (Phi) is 6.38. The van der Waals surface area contributed by atoms with Gasteiger partial charge in [-0.2, -0.15) is 4.31 Å². The molecule has 2 heterocycles. The van der Waals surface area contributed by atoms with E-state index >= 15 is 0 Å². The van der Waals surface area contributed by atoms with Gasteiger partial charge >= 0.3 is 5.69 Å². The molecule has 176 valence electrons. The molecule has 12 heteroatoms. The minimum atomic E-state index is -3.77. The Hall–Kier alpha value is -3.38. The summed E-state index contributed by atoms with van der Waals surface area (Å²) in [4.78, 5) is 24.7. The molecule has 11 nitrogen and oxygen atoms in total. The number of nitrogens with zero attached hydrogens (tertiary/aromatic N) is 3. The van der Waals surface area contributed by atoms with Crippen LogP contribution in [0.5, 0.6) is 17.2 Å². The smallest absolute Gasteiger partial charge is 0.310 e. The third-order valence-corrected chi connectivity index (χ3v) is 7.30. The van der Waals surface area contributed by atoms with Gasteiger partial charge in [0.25, 0.3) is 5.91 Å². The lowest BCUT2D eigenvalue weighted by molar-refractivity contribution is -0.385. The summed E-state index contributed by atoms with van der Waals surface area (Å²) in [5, 5.41) is 11.2. The second-order valence-electron chi connectivity index (χ2n) is 7.61. The molecule has 0 aromatic heterocycles. The molecule has 1 fully saturated rings. The average molecular weight is 477 g/mol. The molecule has 1 saturated heterocycles. The monoisotopic (exact) mass is 477 g/mol. The lowest BCUT2D eigenvalue weighted by Gasteiger charge is -2.34. The molecule has 0 N–H and O–H groups in total. The number of hydrogen-bond acceptors (Lipinski definition) is 8. The van der Waals surface area contributed by atoms with Crippen molar-refractivity contribution in [2.24, 2.45) is 0 Å². The third kappa shape index (κ3) is 4.86. The Morgan fingerprint density at radius 1 is 1.06 bits per heavy atom. The Morgan fingerprint density at radius 3 is 2.45 bits per heavy atom. The molecular formula is C21H23N3O8S. The van der Waals surface area contributed by atoms with Crippen molar-refractivity contribution in [1.82, 2.24) is 9.21 Å². The SMILES string of the molecule is Cc1ccc([N+](=O)[O-])c(OCC(=O)N2CCN(S(=O)(=O)c3ccc4c(c3)OCCO4)CC2)c1. The number of amides is 1. The average Bonchev–Trinajstić information content (AvgIpc) is 2.82. The van der Waals surface area contributed by atoms with Crippen molar-refractivity contribution >= 4 is 21.6 Å². The molecule has 0 unspecified atom stereocenters. The normalized spacial score (nSPS) is 16.3. The predicted octanol–water partition coefficient (Wildman–Crippen LogP) is 1.59. The van der Waals surface area contributed by atoms with Crippen LogP contribution in [0.1, 0.15) is 5.56 Å². The number of sulfonamides is 1. The topological polar surface area (TPSA) is 129 Å². The van der Waals surface area contributed by atoms with E-state index in [1.54, 1.807) is 19.1 Å². The molecular weight excluding hydrogens is 454 g/mol. The zero-order valence-electron chi connectivity index (χ0n) is 17.9. The maximum absolute atomic E-state index is 13.0. The number of nitro groups is 1. The first-order chi connectivity index (χ1) is 15.8. The van der Waals surface area contributed by atoms with E-state index in [1.807, 2.05) is 0 Å². The Labute approximate surface area is 190 Å². The summed E-state index contributed by atoms with van der Waals surface area (Å²) in [6, 6.07) is 8.92. The quantitative estimate of drug-likeness (QED) is 0.453. The van der Waals surface area contributed by atoms with Gasteiger partial charge in [-0.25, -0.2) is 8.42 Å². The first kappa shape index (κ1) is 22.8. The summed E-state index contributed by atoms with van der Waals surface area (Å²) in [5.74, 6) is 0.540. The summed E-state index contributed by atoms with van der Waals surface area (Å²) in [6.07, 6.45) is 0. The lowest BCUT2D eigenvalue weighted by Crippen LogP contribution is -2.51. The molecule has 0 atom stereocenters. The largest absolute Gasteiger partial charge is 0.486 e. The summed E-state index contributed by atoms with van der Waals surface area (Å²) in [6.45, 7) is 2.75. The van der Waals surface area contributed by atoms with Crippen LogP contribution in [0.4, 0.5) is 5.69 Å². The number of rotatable bonds is 6. The minimum absolute atomic E-state index is 0.0215. The lowest BCUT2D eigenvalue weighted by atomic mass is 10.2. The van der Waals surface area contributed by atoms with Gasteiger partial charge in [0.2, 0.25) is 10.0 Å². The molecule has 0 bridgehead atoms. The second-order valence-corrected chi connectivity index (χ2v) is 9.55. The third-order valence-electron chi connectivity index (χ3n) is 5.41. The van der Waals surface area contributed by atoms with Gasteiger partial charge in [0, 0.05) is 38.3 Å². The van der Waals surface area contributed by atoms with Gasteiger partial charge in [0.05, 0.1) is 9.82 Å². The number of carbonyl (C=O) groups is 1. The van der Waals surface area contributed by atoms with Crippen LogP contribution in [0.3, 0.4) is 0 Å². The molecule has 33 heavy (non-hydrogen) atoms. The highest BCUT2D eigenvalue weighted by molar-refractivity contribution is 7.89. The fourth-order valence-electron chi connectivity index (χ4n) is 3.63. The number of fused-ring (bicyclic) bond motifs is 1. The Morgan fingerprint density at radius 2 is 1.76 bits per heavy atom. The van der Waals surface area contributed by atoms with Crippen molar-refractivity contribution in [3.63, 3.8) is 0 Å². The van der Waals surface area contributed by atoms with E-state index in [2.05, 4.69) is 0 Å². The summed E-state index contributed by atoms with van der Waals surface area (Å²) in [5.41, 5.74) is 0.546. The van der Waals surface area contributed by atoms with Gasteiger partial charge < -0.3 is 19.1 Å². The number of carbonyl (C=O) groups excluding carboxylic acids is 1. The van der Waals surface area contributed by atoms with Crippen molar-refractivity contribution in [3.05, 3.63) is 52.1 Å². The molecule has 1 amide bonds. The number of aryl methyl sites for hydroxylation is 1. The van der Waals surface area contributed by atoms with E-state index in [9.17, 15) is 23.3 Å². The first-order valence-electron chi connectivity index (χ1n) is 10.3. The summed E-state index contributed by atoms with van der Waals surface area (Å²) in [7, 11) is -3.77. The summed E-state index contributed by atoms with van der Waals surface area (Å²) < 4.78 is 43.7. The number of benzene rings is 2. The molecule has 2 aromatic carbocycles.